The smallest absolute Gasteiger partial charge is 0.246 e. The van der Waals surface area contributed by atoms with Gasteiger partial charge in [-0.3, -0.25) is 0 Å². The lowest BCUT2D eigenvalue weighted by atomic mass is 10.6. The molecule has 0 bridgehead atoms. The molecular weight excluding hydrogens is 138 g/mol. The molecule has 0 saturated heterocycles. The summed E-state index contributed by atoms with van der Waals surface area (Å²) >= 11 is 4.33. The summed E-state index contributed by atoms with van der Waals surface area (Å²) in [6, 6.07) is 0. The Morgan fingerprint density at radius 1 is 1.56 bits per heavy atom. The number of thiocarbonyl (C=S) groups is 1. The molecule has 0 aromatic carbocycles. The third-order valence-corrected chi connectivity index (χ3v) is 0.857. The van der Waals surface area contributed by atoms with Gasteiger partial charge in [0.2, 0.25) is 6.29 Å². The Bertz CT molecular complexity index is 108. The zero-order valence-electron chi connectivity index (χ0n) is 5.38. The normalized spacial score (nSPS) is 9.22. The summed E-state index contributed by atoms with van der Waals surface area (Å²) in [5, 5.41) is 2.19. The largest absolute Gasteiger partial charge is 0.347 e. The van der Waals surface area contributed by atoms with Crippen LogP contribution in [-0.2, 0) is 9.47 Å². The molecule has 3 nitrogen and oxygen atoms in total. The Labute approximate surface area is 59.7 Å². The molecule has 0 aromatic heterocycles. The number of isothiocyanates is 1. The minimum atomic E-state index is 0.330. The van der Waals surface area contributed by atoms with Crippen LogP contribution in [-0.4, -0.2) is 25.9 Å². The minimum Gasteiger partial charge on any atom is -0.347 e. The van der Waals surface area contributed by atoms with E-state index in [-0.39, 0.29) is 0 Å². The average molecular weight is 146 g/mol. The molecule has 0 heterocycles. The van der Waals surface area contributed by atoms with Gasteiger partial charge in [-0.2, -0.15) is 0 Å². The predicted octanol–water partition coefficient (Wildman–Crippen LogP) is 0.871. The van der Waals surface area contributed by atoms with Gasteiger partial charge in [0, 0.05) is 14.2 Å². The van der Waals surface area contributed by atoms with E-state index in [0.29, 0.717) is 12.8 Å². The van der Waals surface area contributed by atoms with Gasteiger partial charge in [-0.15, -0.1) is 0 Å². The van der Waals surface area contributed by atoms with Crippen molar-refractivity contribution < 1.29 is 9.47 Å². The van der Waals surface area contributed by atoms with E-state index < -0.39 is 0 Å². The van der Waals surface area contributed by atoms with E-state index in [1.807, 2.05) is 0 Å². The third kappa shape index (κ3) is 4.24. The van der Waals surface area contributed by atoms with Gasteiger partial charge in [0.15, 0.2) is 0 Å². The maximum Gasteiger partial charge on any atom is 0.246 e. The first kappa shape index (κ1) is 8.72. The number of aliphatic imine (C=N–C) groups is 1. The first-order chi connectivity index (χ1) is 4.35. The van der Waals surface area contributed by atoms with Crippen LogP contribution in [0.4, 0.5) is 0 Å². The van der Waals surface area contributed by atoms with Gasteiger partial charge in [0.1, 0.15) is 6.54 Å². The number of rotatable bonds is 4. The van der Waals surface area contributed by atoms with E-state index in [4.69, 9.17) is 9.47 Å². The second kappa shape index (κ2) is 5.85. The second-order valence-electron chi connectivity index (χ2n) is 1.19. The molecule has 1 radical (unpaired) electrons. The summed E-state index contributed by atoms with van der Waals surface area (Å²) < 4.78 is 9.43. The lowest BCUT2D eigenvalue weighted by molar-refractivity contribution is 0.00827. The number of methoxy groups -OCH3 is 2. The molecule has 0 fully saturated rings. The maximum absolute atomic E-state index is 4.72. The molecule has 0 aliphatic carbocycles. The molecule has 0 rings (SSSR count). The molecule has 0 amide bonds. The van der Waals surface area contributed by atoms with Crippen LogP contribution in [0.2, 0.25) is 0 Å². The Balaban J connectivity index is 3.42. The lowest BCUT2D eigenvalue weighted by Crippen LogP contribution is -2.05. The van der Waals surface area contributed by atoms with Gasteiger partial charge in [-0.05, 0) is 12.2 Å². The Morgan fingerprint density at radius 3 is 2.44 bits per heavy atom. The van der Waals surface area contributed by atoms with E-state index >= 15 is 0 Å². The summed E-state index contributed by atoms with van der Waals surface area (Å²) in [5.74, 6) is 0. The minimum absolute atomic E-state index is 0.330. The fraction of sp³-hybridized carbons (Fsp3) is 0.600. The SMILES string of the molecule is CO[C](CN=C=S)OC. The van der Waals surface area contributed by atoms with Crippen LogP contribution >= 0.6 is 12.2 Å². The van der Waals surface area contributed by atoms with Crippen LogP contribution in [0, 0.1) is 6.29 Å². The fourth-order valence-corrected chi connectivity index (χ4v) is 0.374. The predicted molar refractivity (Wildman–Crippen MR) is 37.2 cm³/mol. The Morgan fingerprint density at radius 2 is 2.11 bits per heavy atom. The lowest BCUT2D eigenvalue weighted by Gasteiger charge is -2.05. The first-order valence-corrected chi connectivity index (χ1v) is 2.73. The van der Waals surface area contributed by atoms with Gasteiger partial charge in [0.25, 0.3) is 0 Å². The quantitative estimate of drug-likeness (QED) is 0.435. The van der Waals surface area contributed by atoms with Crippen molar-refractivity contribution in [3.63, 3.8) is 0 Å². The number of ether oxygens (including phenoxy) is 2. The van der Waals surface area contributed by atoms with Crippen molar-refractivity contribution in [1.29, 1.82) is 0 Å². The second-order valence-corrected chi connectivity index (χ2v) is 1.37. The fourth-order valence-electron chi connectivity index (χ4n) is 0.309. The highest BCUT2D eigenvalue weighted by Crippen LogP contribution is 1.99. The zero-order chi connectivity index (χ0) is 7.11. The summed E-state index contributed by atoms with van der Waals surface area (Å²) in [6.07, 6.45) is 0.437. The zero-order valence-corrected chi connectivity index (χ0v) is 6.20. The van der Waals surface area contributed by atoms with Crippen molar-refractivity contribution in [3.05, 3.63) is 6.29 Å². The van der Waals surface area contributed by atoms with Crippen molar-refractivity contribution in [1.82, 2.24) is 0 Å². The van der Waals surface area contributed by atoms with Crippen LogP contribution in [0.15, 0.2) is 4.99 Å². The molecule has 0 saturated carbocycles. The number of hydrogen-bond acceptors (Lipinski definition) is 4. The van der Waals surface area contributed by atoms with Crippen molar-refractivity contribution in [2.75, 3.05) is 20.8 Å². The van der Waals surface area contributed by atoms with Crippen molar-refractivity contribution in [2.24, 2.45) is 4.99 Å². The summed E-state index contributed by atoms with van der Waals surface area (Å²) in [4.78, 5) is 3.59. The van der Waals surface area contributed by atoms with Crippen LogP contribution in [0.3, 0.4) is 0 Å². The van der Waals surface area contributed by atoms with E-state index in [2.05, 4.69) is 22.4 Å². The molecule has 0 spiro atoms. The summed E-state index contributed by atoms with van der Waals surface area (Å²) in [5.41, 5.74) is 0. The molecule has 0 unspecified atom stereocenters. The number of hydrogen-bond donors (Lipinski definition) is 0. The van der Waals surface area contributed by atoms with E-state index in [1.54, 1.807) is 0 Å². The van der Waals surface area contributed by atoms with Crippen LogP contribution in [0.25, 0.3) is 0 Å². The van der Waals surface area contributed by atoms with Crippen LogP contribution in [0.1, 0.15) is 0 Å². The highest BCUT2D eigenvalue weighted by atomic mass is 32.1. The molecule has 9 heavy (non-hydrogen) atoms. The third-order valence-electron chi connectivity index (χ3n) is 0.728. The molecule has 0 aromatic rings. The molecule has 0 aliphatic rings. The summed E-state index contributed by atoms with van der Waals surface area (Å²) in [6.45, 7) is 0.330. The molecule has 4 heteroatoms. The highest BCUT2D eigenvalue weighted by molar-refractivity contribution is 7.78. The van der Waals surface area contributed by atoms with Crippen molar-refractivity contribution in [2.45, 2.75) is 0 Å². The number of nitrogens with zero attached hydrogens (tertiary/aromatic N) is 1. The highest BCUT2D eigenvalue weighted by Gasteiger charge is 2.03. The van der Waals surface area contributed by atoms with E-state index in [9.17, 15) is 0 Å². The van der Waals surface area contributed by atoms with E-state index in [0.717, 1.165) is 0 Å². The van der Waals surface area contributed by atoms with Crippen LogP contribution in [0.5, 0.6) is 0 Å². The molecule has 51 valence electrons. The molecule has 0 N–H and O–H groups in total. The van der Waals surface area contributed by atoms with Gasteiger partial charge >= 0.3 is 0 Å². The summed E-state index contributed by atoms with van der Waals surface area (Å²) in [7, 11) is 3.02. The Hall–Kier alpha value is -0.280. The average Bonchev–Trinajstić information content (AvgIpc) is 1.91. The van der Waals surface area contributed by atoms with Gasteiger partial charge in [-0.25, -0.2) is 4.99 Å². The topological polar surface area (TPSA) is 30.8 Å². The van der Waals surface area contributed by atoms with Crippen molar-refractivity contribution >= 4 is 17.4 Å². The first-order valence-electron chi connectivity index (χ1n) is 2.32. The van der Waals surface area contributed by atoms with Gasteiger partial charge in [0.05, 0.1) is 5.16 Å². The molecule has 0 aliphatic heterocycles. The van der Waals surface area contributed by atoms with Gasteiger partial charge < -0.3 is 9.47 Å². The van der Waals surface area contributed by atoms with E-state index in [1.165, 1.54) is 14.2 Å². The maximum atomic E-state index is 4.72. The van der Waals surface area contributed by atoms with Crippen molar-refractivity contribution in [3.8, 4) is 0 Å². The van der Waals surface area contributed by atoms with Crippen LogP contribution < -0.4 is 0 Å². The standard InChI is InChI=1S/C5H8NO2S/c1-7-5(8-2)3-6-4-9/h3H2,1-2H3. The monoisotopic (exact) mass is 146 g/mol. The Kier molecular flexibility index (Phi) is 5.67. The molecule has 0 atom stereocenters. The molecular formula is C5H8NO2S. The van der Waals surface area contributed by atoms with Gasteiger partial charge in [-0.1, -0.05) is 0 Å².